The second-order valence-electron chi connectivity index (χ2n) is 4.74. The fourth-order valence-corrected chi connectivity index (χ4v) is 4.84. The second kappa shape index (κ2) is 5.42. The van der Waals surface area contributed by atoms with Crippen molar-refractivity contribution in [1.29, 1.82) is 5.26 Å². The Balaban J connectivity index is 2.57. The van der Waals surface area contributed by atoms with Crippen LogP contribution in [0.25, 0.3) is 0 Å². The largest absolute Gasteiger partial charge is 0.368 e. The van der Waals surface area contributed by atoms with E-state index in [0.29, 0.717) is 10.6 Å². The molecule has 20 heavy (non-hydrogen) atoms. The molecule has 1 aliphatic carbocycles. The Kier molecular flexibility index (Phi) is 4.01. The van der Waals surface area contributed by atoms with Gasteiger partial charge in [-0.1, -0.05) is 0 Å². The summed E-state index contributed by atoms with van der Waals surface area (Å²) in [7, 11) is -3.65. The maximum Gasteiger partial charge on any atom is 0.238 e. The van der Waals surface area contributed by atoms with Crippen LogP contribution in [0.4, 0.5) is 5.00 Å². The molecule has 1 amide bonds. The van der Waals surface area contributed by atoms with E-state index in [1.54, 1.807) is 0 Å². The maximum absolute atomic E-state index is 11.9. The number of aryl methyl sites for hydroxylation is 1. The predicted molar refractivity (Wildman–Crippen MR) is 77.1 cm³/mol. The molecule has 1 heterocycles. The fourth-order valence-electron chi connectivity index (χ4n) is 2.32. The summed E-state index contributed by atoms with van der Waals surface area (Å²) in [6.45, 7) is -0.438. The van der Waals surface area contributed by atoms with Gasteiger partial charge >= 0.3 is 0 Å². The van der Waals surface area contributed by atoms with Crippen LogP contribution in [0, 0.1) is 11.3 Å². The third kappa shape index (κ3) is 2.78. The lowest BCUT2D eigenvalue weighted by atomic mass is 9.96. The normalized spacial score (nSPS) is 14.4. The molecule has 108 valence electrons. The summed E-state index contributed by atoms with van der Waals surface area (Å²) in [5, 5.41) is 9.65. The number of hydrogen-bond donors (Lipinski definition) is 1. The summed E-state index contributed by atoms with van der Waals surface area (Å²) < 4.78 is 24.7. The fraction of sp³-hybridized carbons (Fsp3) is 0.500. The molecule has 0 saturated carbocycles. The highest BCUT2D eigenvalue weighted by Crippen LogP contribution is 2.40. The number of fused-ring (bicyclic) bond motifs is 1. The van der Waals surface area contributed by atoms with Crippen molar-refractivity contribution in [3.63, 3.8) is 0 Å². The lowest BCUT2D eigenvalue weighted by Gasteiger charge is -2.19. The molecule has 2 N–H and O–H groups in total. The first-order chi connectivity index (χ1) is 9.34. The molecule has 0 fully saturated rings. The van der Waals surface area contributed by atoms with E-state index in [1.807, 2.05) is 0 Å². The standard InChI is InChI=1S/C12H15N3O3S2/c1-20(17,18)15(7-11(14)16)12-9(6-13)8-4-2-3-5-10(8)19-12/h2-5,7H2,1H3,(H2,14,16). The van der Waals surface area contributed by atoms with Gasteiger partial charge in [0.25, 0.3) is 0 Å². The Morgan fingerprint density at radius 2 is 2.10 bits per heavy atom. The molecule has 0 radical (unpaired) electrons. The van der Waals surface area contributed by atoms with E-state index < -0.39 is 22.5 Å². The van der Waals surface area contributed by atoms with Crippen LogP contribution in [0.5, 0.6) is 0 Å². The molecule has 0 saturated heterocycles. The van der Waals surface area contributed by atoms with E-state index in [-0.39, 0.29) is 0 Å². The van der Waals surface area contributed by atoms with Crippen LogP contribution in [-0.2, 0) is 27.7 Å². The monoisotopic (exact) mass is 313 g/mol. The van der Waals surface area contributed by atoms with E-state index in [0.717, 1.165) is 46.7 Å². The van der Waals surface area contributed by atoms with E-state index in [4.69, 9.17) is 5.73 Å². The van der Waals surface area contributed by atoms with Crippen molar-refractivity contribution in [2.45, 2.75) is 25.7 Å². The van der Waals surface area contributed by atoms with Crippen LogP contribution in [0.1, 0.15) is 28.8 Å². The number of nitriles is 1. The highest BCUT2D eigenvalue weighted by atomic mass is 32.2. The molecule has 0 aromatic carbocycles. The number of rotatable bonds is 4. The lowest BCUT2D eigenvalue weighted by molar-refractivity contribution is -0.116. The molecule has 0 spiro atoms. The van der Waals surface area contributed by atoms with E-state index in [1.165, 1.54) is 11.3 Å². The third-order valence-corrected chi connectivity index (χ3v) is 5.73. The molecule has 1 aliphatic rings. The van der Waals surface area contributed by atoms with Crippen LogP contribution in [0.2, 0.25) is 0 Å². The lowest BCUT2D eigenvalue weighted by Crippen LogP contribution is -2.37. The quantitative estimate of drug-likeness (QED) is 0.885. The summed E-state index contributed by atoms with van der Waals surface area (Å²) >= 11 is 1.28. The van der Waals surface area contributed by atoms with Gasteiger partial charge in [0, 0.05) is 4.88 Å². The molecule has 6 nitrogen and oxygen atoms in total. The van der Waals surface area contributed by atoms with Crippen molar-refractivity contribution < 1.29 is 13.2 Å². The summed E-state index contributed by atoms with van der Waals surface area (Å²) in [4.78, 5) is 12.2. The average Bonchev–Trinajstić information content (AvgIpc) is 2.72. The molecule has 0 atom stereocenters. The molecule has 0 aliphatic heterocycles. The second-order valence-corrected chi connectivity index (χ2v) is 7.73. The number of nitrogens with zero attached hydrogens (tertiary/aromatic N) is 2. The van der Waals surface area contributed by atoms with Crippen molar-refractivity contribution in [3.05, 3.63) is 16.0 Å². The van der Waals surface area contributed by atoms with Gasteiger partial charge in [0.05, 0.1) is 11.8 Å². The number of amides is 1. The van der Waals surface area contributed by atoms with Crippen LogP contribution in [0.3, 0.4) is 0 Å². The smallest absolute Gasteiger partial charge is 0.238 e. The minimum Gasteiger partial charge on any atom is -0.368 e. The van der Waals surface area contributed by atoms with Gasteiger partial charge in [0.1, 0.15) is 17.6 Å². The van der Waals surface area contributed by atoms with Gasteiger partial charge in [-0.2, -0.15) is 5.26 Å². The molecule has 1 aromatic heterocycles. The number of carbonyl (C=O) groups is 1. The summed E-state index contributed by atoms with van der Waals surface area (Å²) in [6, 6.07) is 2.08. The van der Waals surface area contributed by atoms with Gasteiger partial charge in [-0.25, -0.2) is 8.42 Å². The zero-order chi connectivity index (χ0) is 14.9. The predicted octanol–water partition coefficient (Wildman–Crippen LogP) is 0.750. The highest BCUT2D eigenvalue weighted by Gasteiger charge is 2.29. The van der Waals surface area contributed by atoms with Crippen molar-refractivity contribution in [3.8, 4) is 6.07 Å². The van der Waals surface area contributed by atoms with E-state index in [2.05, 4.69) is 6.07 Å². The number of hydrogen-bond acceptors (Lipinski definition) is 5. The topological polar surface area (TPSA) is 104 Å². The molecule has 0 bridgehead atoms. The molecule has 8 heteroatoms. The van der Waals surface area contributed by atoms with Gasteiger partial charge < -0.3 is 5.73 Å². The highest BCUT2D eigenvalue weighted by molar-refractivity contribution is 7.92. The number of thiophene rings is 1. The Bertz CT molecular complexity index is 686. The molecule has 1 aromatic rings. The molecule has 0 unspecified atom stereocenters. The van der Waals surface area contributed by atoms with E-state index >= 15 is 0 Å². The van der Waals surface area contributed by atoms with Gasteiger partial charge in [-0.05, 0) is 31.2 Å². The van der Waals surface area contributed by atoms with Crippen molar-refractivity contribution in [2.75, 3.05) is 17.1 Å². The first-order valence-electron chi connectivity index (χ1n) is 6.15. The Hall–Kier alpha value is -1.59. The molecular weight excluding hydrogens is 298 g/mol. The minimum atomic E-state index is -3.65. The number of carbonyl (C=O) groups excluding carboxylic acids is 1. The van der Waals surface area contributed by atoms with Gasteiger partial charge in [-0.15, -0.1) is 11.3 Å². The summed E-state index contributed by atoms with van der Waals surface area (Å²) in [5.41, 5.74) is 6.42. The van der Waals surface area contributed by atoms with Gasteiger partial charge in [-0.3, -0.25) is 9.10 Å². The van der Waals surface area contributed by atoms with Gasteiger partial charge in [0.2, 0.25) is 15.9 Å². The number of nitrogens with two attached hydrogens (primary N) is 1. The summed E-state index contributed by atoms with van der Waals surface area (Å²) in [6.07, 6.45) is 4.67. The Labute approximate surface area is 121 Å². The third-order valence-electron chi connectivity index (χ3n) is 3.19. The molecule has 2 rings (SSSR count). The van der Waals surface area contributed by atoms with Crippen LogP contribution >= 0.6 is 11.3 Å². The Morgan fingerprint density at radius 3 is 2.65 bits per heavy atom. The number of anilines is 1. The first kappa shape index (κ1) is 14.8. The zero-order valence-corrected chi connectivity index (χ0v) is 12.7. The maximum atomic E-state index is 11.9. The zero-order valence-electron chi connectivity index (χ0n) is 11.0. The average molecular weight is 313 g/mol. The minimum absolute atomic E-state index is 0.320. The van der Waals surface area contributed by atoms with Crippen molar-refractivity contribution in [2.24, 2.45) is 5.73 Å². The summed E-state index contributed by atoms with van der Waals surface area (Å²) in [5.74, 6) is -0.745. The van der Waals surface area contributed by atoms with E-state index in [9.17, 15) is 18.5 Å². The van der Waals surface area contributed by atoms with Crippen molar-refractivity contribution >= 4 is 32.3 Å². The van der Waals surface area contributed by atoms with Crippen LogP contribution in [-0.4, -0.2) is 27.1 Å². The van der Waals surface area contributed by atoms with Crippen LogP contribution < -0.4 is 10.0 Å². The van der Waals surface area contributed by atoms with Crippen LogP contribution in [0.15, 0.2) is 0 Å². The Morgan fingerprint density at radius 1 is 1.45 bits per heavy atom. The number of sulfonamides is 1. The number of primary amides is 1. The van der Waals surface area contributed by atoms with Crippen molar-refractivity contribution in [1.82, 2.24) is 0 Å². The first-order valence-corrected chi connectivity index (χ1v) is 8.81. The SMILES string of the molecule is CS(=O)(=O)N(CC(N)=O)c1sc2c(c1C#N)CCCC2. The molecular formula is C12H15N3O3S2. The van der Waals surface area contributed by atoms with Gasteiger partial charge in [0.15, 0.2) is 0 Å².